The molecule has 1 atom stereocenters. The standard InChI is InChI=1S/C23H17NO4/c25-19-7-3-4-14-12-18-16-5-1-2-6-17(16)23(26)22(18)21(20(14)19)13-8-10-15(11-9-13)24(27)28/h1-2,5-6,8-11,21H,3-4,7,12H2. The summed E-state index contributed by atoms with van der Waals surface area (Å²) in [6.07, 6.45) is 2.83. The maximum absolute atomic E-state index is 13.3. The van der Waals surface area contributed by atoms with Crippen LogP contribution >= 0.6 is 0 Å². The van der Waals surface area contributed by atoms with Crippen LogP contribution in [0.5, 0.6) is 0 Å². The van der Waals surface area contributed by atoms with E-state index in [9.17, 15) is 19.7 Å². The van der Waals surface area contributed by atoms with Crippen molar-refractivity contribution in [3.8, 4) is 0 Å². The Hall–Kier alpha value is -3.34. The van der Waals surface area contributed by atoms with E-state index in [0.717, 1.165) is 40.7 Å². The molecule has 0 saturated carbocycles. The molecule has 1 unspecified atom stereocenters. The second-order valence-electron chi connectivity index (χ2n) is 7.52. The van der Waals surface area contributed by atoms with Crippen LogP contribution in [0.2, 0.25) is 0 Å². The van der Waals surface area contributed by atoms with Gasteiger partial charge in [-0.1, -0.05) is 42.0 Å². The fourth-order valence-electron chi connectivity index (χ4n) is 4.82. The minimum absolute atomic E-state index is 0.000953. The number of nitrogens with zero attached hydrogens (tertiary/aromatic N) is 1. The van der Waals surface area contributed by atoms with Crippen LogP contribution in [0.25, 0.3) is 5.57 Å². The van der Waals surface area contributed by atoms with Gasteiger partial charge in [0.1, 0.15) is 0 Å². The number of rotatable bonds is 2. The molecule has 2 aromatic rings. The number of carbonyl (C=O) groups is 2. The lowest BCUT2D eigenvalue weighted by Gasteiger charge is -2.32. The minimum Gasteiger partial charge on any atom is -0.295 e. The number of fused-ring (bicyclic) bond motifs is 2. The van der Waals surface area contributed by atoms with E-state index in [-0.39, 0.29) is 17.3 Å². The number of hydrogen-bond acceptors (Lipinski definition) is 4. The molecule has 28 heavy (non-hydrogen) atoms. The molecule has 0 aromatic heterocycles. The van der Waals surface area contributed by atoms with Crippen LogP contribution in [0.15, 0.2) is 65.3 Å². The van der Waals surface area contributed by atoms with Crippen LogP contribution in [0.4, 0.5) is 5.69 Å². The number of carbonyl (C=O) groups excluding carboxylic acids is 2. The van der Waals surface area contributed by atoms with Crippen molar-refractivity contribution < 1.29 is 14.5 Å². The van der Waals surface area contributed by atoms with E-state index in [2.05, 4.69) is 0 Å². The van der Waals surface area contributed by atoms with E-state index in [1.54, 1.807) is 12.1 Å². The van der Waals surface area contributed by atoms with Gasteiger partial charge in [-0.3, -0.25) is 19.7 Å². The third-order valence-corrected chi connectivity index (χ3v) is 6.04. The van der Waals surface area contributed by atoms with Gasteiger partial charge in [0, 0.05) is 41.2 Å². The number of benzene rings is 2. The van der Waals surface area contributed by atoms with Crippen LogP contribution in [0.3, 0.4) is 0 Å². The largest absolute Gasteiger partial charge is 0.295 e. The van der Waals surface area contributed by atoms with Crippen molar-refractivity contribution in [1.29, 1.82) is 0 Å². The van der Waals surface area contributed by atoms with Crippen LogP contribution < -0.4 is 0 Å². The Bertz CT molecular complexity index is 1120. The molecule has 0 saturated heterocycles. The highest BCUT2D eigenvalue weighted by Crippen LogP contribution is 2.52. The van der Waals surface area contributed by atoms with E-state index >= 15 is 0 Å². The van der Waals surface area contributed by atoms with E-state index in [4.69, 9.17) is 0 Å². The van der Waals surface area contributed by atoms with E-state index < -0.39 is 10.8 Å². The van der Waals surface area contributed by atoms with Crippen molar-refractivity contribution in [1.82, 2.24) is 0 Å². The summed E-state index contributed by atoms with van der Waals surface area (Å²) < 4.78 is 0. The van der Waals surface area contributed by atoms with Gasteiger partial charge in [0.25, 0.3) is 5.69 Å². The molecule has 3 aliphatic rings. The van der Waals surface area contributed by atoms with E-state index in [0.29, 0.717) is 24.0 Å². The van der Waals surface area contributed by atoms with E-state index in [1.165, 1.54) is 12.1 Å². The number of ketones is 2. The molecule has 0 fully saturated rings. The van der Waals surface area contributed by atoms with Crippen molar-refractivity contribution in [2.45, 2.75) is 31.6 Å². The van der Waals surface area contributed by atoms with Gasteiger partial charge >= 0.3 is 0 Å². The number of nitro benzene ring substituents is 1. The molecule has 0 bridgehead atoms. The van der Waals surface area contributed by atoms with Gasteiger partial charge in [-0.15, -0.1) is 0 Å². The summed E-state index contributed by atoms with van der Waals surface area (Å²) in [6.45, 7) is 0. The van der Waals surface area contributed by atoms with Crippen LogP contribution in [-0.2, 0) is 4.79 Å². The summed E-state index contributed by atoms with van der Waals surface area (Å²) in [7, 11) is 0. The zero-order valence-electron chi connectivity index (χ0n) is 15.1. The second-order valence-corrected chi connectivity index (χ2v) is 7.52. The van der Waals surface area contributed by atoms with Crippen molar-refractivity contribution in [3.05, 3.63) is 92.1 Å². The smallest absolute Gasteiger partial charge is 0.269 e. The first-order chi connectivity index (χ1) is 13.6. The van der Waals surface area contributed by atoms with Gasteiger partial charge in [0.2, 0.25) is 0 Å². The predicted molar refractivity (Wildman–Crippen MR) is 104 cm³/mol. The molecule has 2 aromatic carbocycles. The summed E-state index contributed by atoms with van der Waals surface area (Å²) in [6, 6.07) is 13.9. The summed E-state index contributed by atoms with van der Waals surface area (Å²) in [5.74, 6) is -0.369. The Labute approximate surface area is 161 Å². The van der Waals surface area contributed by atoms with Gasteiger partial charge in [0.05, 0.1) is 4.92 Å². The van der Waals surface area contributed by atoms with Crippen molar-refractivity contribution >= 4 is 22.8 Å². The Balaban J connectivity index is 1.72. The highest BCUT2D eigenvalue weighted by Gasteiger charge is 2.43. The molecule has 5 nitrogen and oxygen atoms in total. The number of Topliss-reactive ketones (excluding diaryl/α,β-unsaturated/α-hetero) is 2. The normalized spacial score (nSPS) is 20.8. The molecule has 138 valence electrons. The molecule has 0 N–H and O–H groups in total. The molecular formula is C23H17NO4. The Kier molecular flexibility index (Phi) is 3.66. The van der Waals surface area contributed by atoms with Crippen LogP contribution in [-0.4, -0.2) is 16.5 Å². The first-order valence-corrected chi connectivity index (χ1v) is 9.43. The number of hydrogen-bond donors (Lipinski definition) is 0. The zero-order chi connectivity index (χ0) is 19.4. The van der Waals surface area contributed by atoms with Gasteiger partial charge in [-0.05, 0) is 36.0 Å². The predicted octanol–water partition coefficient (Wildman–Crippen LogP) is 4.78. The monoisotopic (exact) mass is 371 g/mol. The Morgan fingerprint density at radius 3 is 2.32 bits per heavy atom. The lowest BCUT2D eigenvalue weighted by molar-refractivity contribution is -0.384. The maximum atomic E-state index is 13.3. The fraction of sp³-hybridized carbons (Fsp3) is 0.217. The number of nitro groups is 1. The molecule has 5 rings (SSSR count). The average Bonchev–Trinajstić information content (AvgIpc) is 2.99. The van der Waals surface area contributed by atoms with Gasteiger partial charge < -0.3 is 0 Å². The Morgan fingerprint density at radius 2 is 1.61 bits per heavy atom. The number of non-ortho nitro benzene ring substituents is 1. The molecule has 5 heteroatoms. The summed E-state index contributed by atoms with van der Waals surface area (Å²) >= 11 is 0. The second kappa shape index (κ2) is 6.09. The molecule has 0 spiro atoms. The first kappa shape index (κ1) is 16.8. The third kappa shape index (κ3) is 2.32. The fourth-order valence-corrected chi connectivity index (χ4v) is 4.82. The molecule has 0 amide bonds. The SMILES string of the molecule is O=C1CCCC2=C1C(c1ccc([N+](=O)[O-])cc1)C1=C(C2)c2ccccc2C1=O. The van der Waals surface area contributed by atoms with Gasteiger partial charge in [-0.2, -0.15) is 0 Å². The summed E-state index contributed by atoms with van der Waals surface area (Å²) in [5.41, 5.74) is 5.94. The molecule has 0 heterocycles. The topological polar surface area (TPSA) is 77.3 Å². The molecule has 0 radical (unpaired) electrons. The lowest BCUT2D eigenvalue weighted by Crippen LogP contribution is -2.25. The van der Waals surface area contributed by atoms with Gasteiger partial charge in [-0.25, -0.2) is 0 Å². The highest BCUT2D eigenvalue weighted by atomic mass is 16.6. The lowest BCUT2D eigenvalue weighted by atomic mass is 9.69. The van der Waals surface area contributed by atoms with Crippen LogP contribution in [0.1, 0.15) is 53.1 Å². The highest BCUT2D eigenvalue weighted by molar-refractivity contribution is 6.23. The van der Waals surface area contributed by atoms with Gasteiger partial charge in [0.15, 0.2) is 11.6 Å². The quantitative estimate of drug-likeness (QED) is 0.562. The summed E-state index contributed by atoms with van der Waals surface area (Å²) in [4.78, 5) is 36.7. The molecule has 0 aliphatic heterocycles. The summed E-state index contributed by atoms with van der Waals surface area (Å²) in [5, 5.41) is 11.0. The Morgan fingerprint density at radius 1 is 0.893 bits per heavy atom. The average molecular weight is 371 g/mol. The third-order valence-electron chi connectivity index (χ3n) is 6.04. The first-order valence-electron chi connectivity index (χ1n) is 9.43. The van der Waals surface area contributed by atoms with Crippen molar-refractivity contribution in [2.24, 2.45) is 0 Å². The van der Waals surface area contributed by atoms with Crippen molar-refractivity contribution in [3.63, 3.8) is 0 Å². The van der Waals surface area contributed by atoms with Crippen molar-refractivity contribution in [2.75, 3.05) is 0 Å². The molecule has 3 aliphatic carbocycles. The van der Waals surface area contributed by atoms with Crippen LogP contribution in [0, 0.1) is 10.1 Å². The zero-order valence-corrected chi connectivity index (χ0v) is 15.1. The maximum Gasteiger partial charge on any atom is 0.269 e. The van der Waals surface area contributed by atoms with E-state index in [1.807, 2.05) is 24.3 Å². The molecular weight excluding hydrogens is 354 g/mol. The number of allylic oxidation sites excluding steroid dienone is 4. The minimum atomic E-state index is -0.442.